The molecule has 0 aliphatic heterocycles. The summed E-state index contributed by atoms with van der Waals surface area (Å²) in [6.45, 7) is 1.97. The van der Waals surface area contributed by atoms with Crippen molar-refractivity contribution in [2.24, 2.45) is 7.05 Å². The van der Waals surface area contributed by atoms with Crippen molar-refractivity contribution in [2.75, 3.05) is 5.32 Å². The Labute approximate surface area is 142 Å². The summed E-state index contributed by atoms with van der Waals surface area (Å²) < 4.78 is 2.73. The minimum absolute atomic E-state index is 0.0640. The average Bonchev–Trinajstić information content (AvgIpc) is 3.11. The van der Waals surface area contributed by atoms with Gasteiger partial charge in [-0.05, 0) is 12.5 Å². The molecule has 0 saturated heterocycles. The molecule has 2 heterocycles. The molecule has 3 aromatic rings. The lowest BCUT2D eigenvalue weighted by Gasteiger charge is -2.02. The molecule has 10 nitrogen and oxygen atoms in total. The summed E-state index contributed by atoms with van der Waals surface area (Å²) in [5.41, 5.74) is 0.717. The number of benzene rings is 1. The van der Waals surface area contributed by atoms with Crippen molar-refractivity contribution in [1.82, 2.24) is 24.5 Å². The first-order valence-corrected chi connectivity index (χ1v) is 7.38. The fraction of sp³-hybridized carbons (Fsp3) is 0.200. The first-order chi connectivity index (χ1) is 12.0. The van der Waals surface area contributed by atoms with Gasteiger partial charge in [0, 0.05) is 7.05 Å². The van der Waals surface area contributed by atoms with Gasteiger partial charge in [-0.2, -0.15) is 5.10 Å². The van der Waals surface area contributed by atoms with Gasteiger partial charge in [-0.3, -0.25) is 24.9 Å². The number of carbonyl (C=O) groups excluding carboxylic acids is 1. The summed E-state index contributed by atoms with van der Waals surface area (Å²) >= 11 is 0. The van der Waals surface area contributed by atoms with Crippen LogP contribution in [-0.4, -0.2) is 35.4 Å². The van der Waals surface area contributed by atoms with Crippen LogP contribution in [0.1, 0.15) is 21.7 Å². The standard InChI is InChI=1S/C15H15N7O3/c1-10-12(22(24)25)13(20(2)18-10)14(23)17-15-16-9-21(19-15)8-11-6-4-3-5-7-11/h3-7,9H,8H2,1-2H3,(H,17,19,23). The van der Waals surface area contributed by atoms with Gasteiger partial charge in [-0.1, -0.05) is 30.3 Å². The van der Waals surface area contributed by atoms with Gasteiger partial charge in [0.1, 0.15) is 12.0 Å². The maximum atomic E-state index is 12.4. The van der Waals surface area contributed by atoms with Crippen molar-refractivity contribution in [3.63, 3.8) is 0 Å². The SMILES string of the molecule is Cc1nn(C)c(C(=O)Nc2ncn(Cc3ccccc3)n2)c1[N+](=O)[O-]. The smallest absolute Gasteiger partial charge is 0.288 e. The molecule has 0 radical (unpaired) electrons. The molecule has 1 amide bonds. The van der Waals surface area contributed by atoms with Crippen molar-refractivity contribution in [3.8, 4) is 0 Å². The third kappa shape index (κ3) is 3.37. The van der Waals surface area contributed by atoms with Crippen molar-refractivity contribution in [2.45, 2.75) is 13.5 Å². The van der Waals surface area contributed by atoms with Gasteiger partial charge in [-0.25, -0.2) is 9.67 Å². The number of aryl methyl sites for hydroxylation is 2. The van der Waals surface area contributed by atoms with E-state index >= 15 is 0 Å². The first-order valence-electron chi connectivity index (χ1n) is 7.38. The highest BCUT2D eigenvalue weighted by Crippen LogP contribution is 2.22. The fourth-order valence-corrected chi connectivity index (χ4v) is 2.48. The third-order valence-corrected chi connectivity index (χ3v) is 3.54. The van der Waals surface area contributed by atoms with Crippen LogP contribution in [0.3, 0.4) is 0 Å². The molecule has 10 heteroatoms. The summed E-state index contributed by atoms with van der Waals surface area (Å²) in [6, 6.07) is 9.64. The molecule has 0 aliphatic carbocycles. The zero-order valence-electron chi connectivity index (χ0n) is 13.6. The van der Waals surface area contributed by atoms with Crippen LogP contribution >= 0.6 is 0 Å². The molecule has 0 saturated carbocycles. The summed E-state index contributed by atoms with van der Waals surface area (Å²) in [5.74, 6) is -0.624. The lowest BCUT2D eigenvalue weighted by Crippen LogP contribution is -2.18. The monoisotopic (exact) mass is 341 g/mol. The van der Waals surface area contributed by atoms with E-state index in [4.69, 9.17) is 0 Å². The van der Waals surface area contributed by atoms with Gasteiger partial charge in [0.05, 0.1) is 11.5 Å². The van der Waals surface area contributed by atoms with Crippen molar-refractivity contribution < 1.29 is 9.72 Å². The summed E-state index contributed by atoms with van der Waals surface area (Å²) in [7, 11) is 1.47. The van der Waals surface area contributed by atoms with Crippen LogP contribution < -0.4 is 5.32 Å². The quantitative estimate of drug-likeness (QED) is 0.555. The van der Waals surface area contributed by atoms with E-state index in [0.29, 0.717) is 6.54 Å². The maximum Gasteiger partial charge on any atom is 0.322 e. The zero-order chi connectivity index (χ0) is 18.0. The van der Waals surface area contributed by atoms with Crippen molar-refractivity contribution >= 4 is 17.5 Å². The average molecular weight is 341 g/mol. The van der Waals surface area contributed by atoms with Gasteiger partial charge < -0.3 is 0 Å². The predicted octanol–water partition coefficient (Wildman–Crippen LogP) is 1.53. The Balaban J connectivity index is 1.78. The van der Waals surface area contributed by atoms with E-state index in [0.717, 1.165) is 5.56 Å². The Morgan fingerprint density at radius 3 is 2.68 bits per heavy atom. The predicted molar refractivity (Wildman–Crippen MR) is 88.1 cm³/mol. The highest BCUT2D eigenvalue weighted by molar-refractivity contribution is 6.05. The number of hydrogen-bond donors (Lipinski definition) is 1. The molecule has 0 spiro atoms. The molecule has 0 unspecified atom stereocenters. The molecule has 1 aromatic carbocycles. The summed E-state index contributed by atoms with van der Waals surface area (Å²) in [4.78, 5) is 26.9. The minimum atomic E-state index is -0.688. The molecule has 128 valence electrons. The molecule has 0 atom stereocenters. The Kier molecular flexibility index (Phi) is 4.25. The first kappa shape index (κ1) is 16.3. The highest BCUT2D eigenvalue weighted by atomic mass is 16.6. The summed E-state index contributed by atoms with van der Waals surface area (Å²) in [5, 5.41) is 21.7. The van der Waals surface area contributed by atoms with Crippen LogP contribution in [0.2, 0.25) is 0 Å². The number of anilines is 1. The third-order valence-electron chi connectivity index (χ3n) is 3.54. The molecule has 3 rings (SSSR count). The number of nitrogens with one attached hydrogen (secondary N) is 1. The Hall–Kier alpha value is -3.56. The Morgan fingerprint density at radius 1 is 1.28 bits per heavy atom. The van der Waals surface area contributed by atoms with Crippen LogP contribution in [0.4, 0.5) is 11.6 Å². The lowest BCUT2D eigenvalue weighted by molar-refractivity contribution is -0.385. The molecule has 0 bridgehead atoms. The number of carbonyl (C=O) groups is 1. The summed E-state index contributed by atoms with van der Waals surface area (Å²) in [6.07, 6.45) is 1.48. The Bertz CT molecular complexity index is 930. The number of rotatable bonds is 5. The number of nitro groups is 1. The Morgan fingerprint density at radius 2 is 2.00 bits per heavy atom. The van der Waals surface area contributed by atoms with E-state index < -0.39 is 10.8 Å². The van der Waals surface area contributed by atoms with Crippen LogP contribution in [0, 0.1) is 17.0 Å². The normalized spacial score (nSPS) is 10.6. The van der Waals surface area contributed by atoms with E-state index in [-0.39, 0.29) is 23.0 Å². The fourth-order valence-electron chi connectivity index (χ4n) is 2.48. The van der Waals surface area contributed by atoms with Gasteiger partial charge in [0.15, 0.2) is 0 Å². The molecular formula is C15H15N7O3. The second-order valence-corrected chi connectivity index (χ2v) is 5.37. The maximum absolute atomic E-state index is 12.4. The highest BCUT2D eigenvalue weighted by Gasteiger charge is 2.29. The zero-order valence-corrected chi connectivity index (χ0v) is 13.6. The van der Waals surface area contributed by atoms with E-state index in [9.17, 15) is 14.9 Å². The van der Waals surface area contributed by atoms with Crippen molar-refractivity contribution in [3.05, 3.63) is 63.7 Å². The largest absolute Gasteiger partial charge is 0.322 e. The van der Waals surface area contributed by atoms with Gasteiger partial charge in [-0.15, -0.1) is 5.10 Å². The van der Waals surface area contributed by atoms with Gasteiger partial charge in [0.25, 0.3) is 5.91 Å². The van der Waals surface area contributed by atoms with Gasteiger partial charge in [0.2, 0.25) is 11.6 Å². The van der Waals surface area contributed by atoms with E-state index in [1.165, 1.54) is 25.0 Å². The molecule has 2 aromatic heterocycles. The molecule has 25 heavy (non-hydrogen) atoms. The molecule has 1 N–H and O–H groups in total. The number of aromatic nitrogens is 5. The second-order valence-electron chi connectivity index (χ2n) is 5.37. The topological polar surface area (TPSA) is 121 Å². The molecular weight excluding hydrogens is 326 g/mol. The van der Waals surface area contributed by atoms with Crippen LogP contribution in [0.5, 0.6) is 0 Å². The second kappa shape index (κ2) is 6.51. The van der Waals surface area contributed by atoms with Crippen LogP contribution in [0.25, 0.3) is 0 Å². The number of amides is 1. The van der Waals surface area contributed by atoms with Crippen LogP contribution in [-0.2, 0) is 13.6 Å². The molecule has 0 fully saturated rings. The number of nitrogens with zero attached hydrogens (tertiary/aromatic N) is 6. The van der Waals surface area contributed by atoms with Gasteiger partial charge >= 0.3 is 5.69 Å². The molecule has 0 aliphatic rings. The lowest BCUT2D eigenvalue weighted by atomic mass is 10.2. The van der Waals surface area contributed by atoms with Crippen LogP contribution in [0.15, 0.2) is 36.7 Å². The van der Waals surface area contributed by atoms with E-state index in [1.807, 2.05) is 30.3 Å². The van der Waals surface area contributed by atoms with E-state index in [2.05, 4.69) is 20.5 Å². The number of hydrogen-bond acceptors (Lipinski definition) is 6. The van der Waals surface area contributed by atoms with E-state index in [1.54, 1.807) is 4.68 Å². The van der Waals surface area contributed by atoms with Crippen molar-refractivity contribution in [1.29, 1.82) is 0 Å². The minimum Gasteiger partial charge on any atom is -0.288 e.